The first-order chi connectivity index (χ1) is 12.2. The van der Waals surface area contributed by atoms with E-state index in [9.17, 15) is 4.79 Å². The highest BCUT2D eigenvalue weighted by molar-refractivity contribution is 8.00. The number of nitrogens with zero attached hydrogens (tertiary/aromatic N) is 1. The molecule has 0 bridgehead atoms. The fourth-order valence-corrected chi connectivity index (χ4v) is 4.79. The predicted octanol–water partition coefficient (Wildman–Crippen LogP) is 5.62. The maximum absolute atomic E-state index is 12.6. The number of hydrogen-bond acceptors (Lipinski definition) is 2. The minimum atomic E-state index is 0.167. The van der Waals surface area contributed by atoms with E-state index in [0.29, 0.717) is 17.6 Å². The summed E-state index contributed by atoms with van der Waals surface area (Å²) in [7, 11) is 0. The number of thioether (sulfide) groups is 1. The first kappa shape index (κ1) is 18.1. The summed E-state index contributed by atoms with van der Waals surface area (Å²) in [6.07, 6.45) is 3.79. The van der Waals surface area contributed by atoms with Crippen molar-refractivity contribution in [2.75, 3.05) is 6.54 Å². The first-order valence-corrected chi connectivity index (χ1v) is 10.1. The Morgan fingerprint density at radius 2 is 1.80 bits per heavy atom. The normalized spacial score (nSPS) is 20.7. The number of carbonyl (C=O) groups excluding carboxylic acids is 1. The summed E-state index contributed by atoms with van der Waals surface area (Å²) < 4.78 is 0. The van der Waals surface area contributed by atoms with Crippen LogP contribution in [0, 0.1) is 6.92 Å². The van der Waals surface area contributed by atoms with E-state index >= 15 is 0 Å². The zero-order valence-corrected chi connectivity index (χ0v) is 16.0. The van der Waals surface area contributed by atoms with Crippen molar-refractivity contribution in [1.29, 1.82) is 0 Å². The summed E-state index contributed by atoms with van der Waals surface area (Å²) in [5, 5.41) is 0.402. The van der Waals surface area contributed by atoms with Gasteiger partial charge in [0, 0.05) is 23.1 Å². The van der Waals surface area contributed by atoms with Crippen molar-refractivity contribution in [2.45, 2.75) is 55.7 Å². The largest absolute Gasteiger partial charge is 0.335 e. The van der Waals surface area contributed by atoms with Crippen LogP contribution in [0.5, 0.6) is 0 Å². The van der Waals surface area contributed by atoms with E-state index in [1.807, 2.05) is 17.8 Å². The van der Waals surface area contributed by atoms with Gasteiger partial charge in [-0.3, -0.25) is 4.79 Å². The van der Waals surface area contributed by atoms with Gasteiger partial charge in [0.1, 0.15) is 0 Å². The minimum absolute atomic E-state index is 0.167. The minimum Gasteiger partial charge on any atom is -0.335 e. The molecule has 0 aromatic heterocycles. The Bertz CT molecular complexity index is 683. The number of benzene rings is 2. The van der Waals surface area contributed by atoms with Gasteiger partial charge in [0.05, 0.1) is 6.04 Å². The lowest BCUT2D eigenvalue weighted by Crippen LogP contribution is -2.44. The zero-order chi connectivity index (χ0) is 17.6. The molecule has 1 fully saturated rings. The van der Waals surface area contributed by atoms with E-state index in [1.54, 1.807) is 0 Å². The van der Waals surface area contributed by atoms with Crippen molar-refractivity contribution >= 4 is 17.7 Å². The summed E-state index contributed by atoms with van der Waals surface area (Å²) >= 11 is 1.92. The molecule has 0 aliphatic carbocycles. The number of amides is 1. The molecule has 1 heterocycles. The third-order valence-corrected chi connectivity index (χ3v) is 6.19. The highest BCUT2D eigenvalue weighted by atomic mass is 32.2. The summed E-state index contributed by atoms with van der Waals surface area (Å²) in [5.74, 6) is 0.308. The molecular weight excluding hydrogens is 326 g/mol. The van der Waals surface area contributed by atoms with Crippen LogP contribution in [-0.4, -0.2) is 22.6 Å². The van der Waals surface area contributed by atoms with Crippen molar-refractivity contribution in [3.63, 3.8) is 0 Å². The lowest BCUT2D eigenvalue weighted by Gasteiger charge is -2.41. The third-order valence-electron chi connectivity index (χ3n) is 4.85. The summed E-state index contributed by atoms with van der Waals surface area (Å²) in [6.45, 7) is 5.16. The average molecular weight is 354 g/mol. The highest BCUT2D eigenvalue weighted by Crippen LogP contribution is 2.42. The fourth-order valence-electron chi connectivity index (χ4n) is 3.48. The van der Waals surface area contributed by atoms with E-state index in [2.05, 4.69) is 67.3 Å². The maximum Gasteiger partial charge on any atom is 0.223 e. The van der Waals surface area contributed by atoms with Gasteiger partial charge in [0.2, 0.25) is 5.91 Å². The molecule has 1 aliphatic rings. The van der Waals surface area contributed by atoms with Crippen LogP contribution in [0.1, 0.15) is 49.8 Å². The number of piperidine rings is 1. The van der Waals surface area contributed by atoms with Crippen LogP contribution in [0.25, 0.3) is 0 Å². The molecule has 3 heteroatoms. The van der Waals surface area contributed by atoms with E-state index < -0.39 is 0 Å². The van der Waals surface area contributed by atoms with E-state index in [4.69, 9.17) is 0 Å². The molecule has 0 unspecified atom stereocenters. The van der Waals surface area contributed by atoms with Crippen molar-refractivity contribution in [3.05, 3.63) is 65.7 Å². The van der Waals surface area contributed by atoms with Crippen molar-refractivity contribution in [1.82, 2.24) is 4.90 Å². The van der Waals surface area contributed by atoms with Crippen LogP contribution in [-0.2, 0) is 4.79 Å². The van der Waals surface area contributed by atoms with Gasteiger partial charge in [0.15, 0.2) is 0 Å². The molecule has 0 N–H and O–H groups in total. The Hall–Kier alpha value is -1.74. The van der Waals surface area contributed by atoms with Gasteiger partial charge in [0.25, 0.3) is 0 Å². The molecule has 2 aromatic rings. The van der Waals surface area contributed by atoms with Crippen molar-refractivity contribution in [2.24, 2.45) is 0 Å². The second-order valence-corrected chi connectivity index (χ2v) is 8.12. The molecular formula is C22H27NOS. The molecule has 2 nitrogen and oxygen atoms in total. The Morgan fingerprint density at radius 3 is 2.48 bits per heavy atom. The molecule has 3 rings (SSSR count). The van der Waals surface area contributed by atoms with Crippen molar-refractivity contribution in [3.8, 4) is 0 Å². The quantitative estimate of drug-likeness (QED) is 0.672. The zero-order valence-electron chi connectivity index (χ0n) is 15.2. The van der Waals surface area contributed by atoms with Gasteiger partial charge in [-0.2, -0.15) is 0 Å². The molecule has 0 radical (unpaired) electrons. The van der Waals surface area contributed by atoms with Gasteiger partial charge in [-0.25, -0.2) is 0 Å². The highest BCUT2D eigenvalue weighted by Gasteiger charge is 2.36. The standard InChI is InChI=1S/C22H27NOS/c1-3-4-16-23-21(24)15-14-20(22(23)18-8-6-5-7-9-18)25-19-12-10-17(2)11-13-19/h5-13,20,22H,3-4,14-16H2,1-2H3/t20-,22-/m0/s1. The number of carbonyl (C=O) groups is 1. The number of hydrogen-bond donors (Lipinski definition) is 0. The first-order valence-electron chi connectivity index (χ1n) is 9.26. The van der Waals surface area contributed by atoms with Crippen LogP contribution in [0.15, 0.2) is 59.5 Å². The summed E-state index contributed by atoms with van der Waals surface area (Å²) in [5.41, 5.74) is 2.55. The molecule has 0 saturated carbocycles. The predicted molar refractivity (Wildman–Crippen MR) is 106 cm³/mol. The van der Waals surface area contributed by atoms with Gasteiger partial charge >= 0.3 is 0 Å². The molecule has 0 spiro atoms. The van der Waals surface area contributed by atoms with E-state index in [-0.39, 0.29) is 6.04 Å². The Labute approximate surface area is 155 Å². The van der Waals surface area contributed by atoms with Crippen molar-refractivity contribution < 1.29 is 4.79 Å². The van der Waals surface area contributed by atoms with Gasteiger partial charge in [-0.15, -0.1) is 11.8 Å². The molecule has 1 amide bonds. The fraction of sp³-hybridized carbons (Fsp3) is 0.409. The second-order valence-electron chi connectivity index (χ2n) is 6.80. The lowest BCUT2D eigenvalue weighted by atomic mass is 9.94. The SMILES string of the molecule is CCCCN1C(=O)CC[C@H](Sc2ccc(C)cc2)[C@@H]1c1ccccc1. The number of rotatable bonds is 6. The van der Waals surface area contributed by atoms with Crippen LogP contribution in [0.3, 0.4) is 0 Å². The molecule has 1 aliphatic heterocycles. The Balaban J connectivity index is 1.88. The topological polar surface area (TPSA) is 20.3 Å². The smallest absolute Gasteiger partial charge is 0.223 e. The van der Waals surface area contributed by atoms with Gasteiger partial charge in [-0.05, 0) is 37.5 Å². The summed E-state index contributed by atoms with van der Waals surface area (Å²) in [6, 6.07) is 19.5. The van der Waals surface area contributed by atoms with Crippen LogP contribution >= 0.6 is 11.8 Å². The molecule has 25 heavy (non-hydrogen) atoms. The molecule has 1 saturated heterocycles. The van der Waals surface area contributed by atoms with Crippen LogP contribution in [0.2, 0.25) is 0 Å². The maximum atomic E-state index is 12.6. The lowest BCUT2D eigenvalue weighted by molar-refractivity contribution is -0.136. The molecule has 2 aromatic carbocycles. The number of likely N-dealkylation sites (tertiary alicyclic amines) is 1. The number of unbranched alkanes of at least 4 members (excludes halogenated alkanes) is 1. The molecule has 2 atom stereocenters. The molecule has 132 valence electrons. The monoisotopic (exact) mass is 353 g/mol. The van der Waals surface area contributed by atoms with Crippen LogP contribution in [0.4, 0.5) is 0 Å². The van der Waals surface area contributed by atoms with Gasteiger partial charge < -0.3 is 4.90 Å². The second kappa shape index (κ2) is 8.57. The van der Waals surface area contributed by atoms with E-state index in [1.165, 1.54) is 16.0 Å². The summed E-state index contributed by atoms with van der Waals surface area (Å²) in [4.78, 5) is 16.1. The Kier molecular flexibility index (Phi) is 6.19. The Morgan fingerprint density at radius 1 is 1.08 bits per heavy atom. The average Bonchev–Trinajstić information content (AvgIpc) is 2.64. The number of aryl methyl sites for hydroxylation is 1. The van der Waals surface area contributed by atoms with Gasteiger partial charge in [-0.1, -0.05) is 61.4 Å². The van der Waals surface area contributed by atoms with Crippen LogP contribution < -0.4 is 0 Å². The van der Waals surface area contributed by atoms with E-state index in [0.717, 1.165) is 25.8 Å². The third kappa shape index (κ3) is 4.46.